The Balaban J connectivity index is 1.86. The van der Waals surface area contributed by atoms with Crippen LogP contribution in [-0.2, 0) is 4.79 Å². The number of carboxylic acid groups (broad SMARTS) is 1. The van der Waals surface area contributed by atoms with E-state index in [1.54, 1.807) is 24.3 Å². The Labute approximate surface area is 138 Å². The molecule has 3 aromatic carbocycles. The molecule has 0 bridgehead atoms. The summed E-state index contributed by atoms with van der Waals surface area (Å²) in [5.74, 6) is -1.98. The molecular weight excluding hydrogens is 302 g/mol. The lowest BCUT2D eigenvalue weighted by Gasteiger charge is -2.32. The molecule has 4 heteroatoms. The topological polar surface area (TPSA) is 66.4 Å². The van der Waals surface area contributed by atoms with Gasteiger partial charge < -0.3 is 10.4 Å². The van der Waals surface area contributed by atoms with Gasteiger partial charge in [0, 0.05) is 5.56 Å². The second kappa shape index (κ2) is 5.49. The van der Waals surface area contributed by atoms with Crippen molar-refractivity contribution in [1.29, 1.82) is 0 Å². The van der Waals surface area contributed by atoms with E-state index in [9.17, 15) is 14.7 Å². The molecule has 24 heavy (non-hydrogen) atoms. The van der Waals surface area contributed by atoms with E-state index in [1.807, 2.05) is 42.5 Å². The van der Waals surface area contributed by atoms with Crippen LogP contribution in [0.2, 0.25) is 0 Å². The summed E-state index contributed by atoms with van der Waals surface area (Å²) in [7, 11) is 0. The summed E-state index contributed by atoms with van der Waals surface area (Å²) in [6.07, 6.45) is 0. The third-order valence-electron chi connectivity index (χ3n) is 4.56. The summed E-state index contributed by atoms with van der Waals surface area (Å²) in [6, 6.07) is 20.0. The van der Waals surface area contributed by atoms with Gasteiger partial charge >= 0.3 is 5.97 Å². The average Bonchev–Trinajstić information content (AvgIpc) is 2.61. The third-order valence-corrected chi connectivity index (χ3v) is 4.56. The number of fused-ring (bicyclic) bond motifs is 2. The molecule has 0 aromatic heterocycles. The number of amides is 1. The van der Waals surface area contributed by atoms with Crippen LogP contribution in [0.4, 0.5) is 0 Å². The Morgan fingerprint density at radius 1 is 0.917 bits per heavy atom. The molecular formula is C20H15NO3. The molecule has 118 valence electrons. The SMILES string of the molecule is O=C1N[C@@H](c2ccc3ccccc3c2)[C@@H](C(=O)O)c2ccccc21. The van der Waals surface area contributed by atoms with E-state index in [1.165, 1.54) is 0 Å². The van der Waals surface area contributed by atoms with E-state index < -0.39 is 17.9 Å². The van der Waals surface area contributed by atoms with Gasteiger partial charge in [-0.05, 0) is 34.0 Å². The first-order valence-electron chi connectivity index (χ1n) is 7.76. The molecule has 0 aliphatic carbocycles. The molecule has 4 nitrogen and oxygen atoms in total. The minimum atomic E-state index is -0.944. The Kier molecular flexibility index (Phi) is 3.31. The largest absolute Gasteiger partial charge is 0.481 e. The molecule has 2 atom stereocenters. The number of carbonyl (C=O) groups is 2. The van der Waals surface area contributed by atoms with Crippen LogP contribution in [0.3, 0.4) is 0 Å². The van der Waals surface area contributed by atoms with Crippen LogP contribution >= 0.6 is 0 Å². The van der Waals surface area contributed by atoms with E-state index in [2.05, 4.69) is 5.32 Å². The number of aliphatic carboxylic acids is 1. The van der Waals surface area contributed by atoms with Gasteiger partial charge in [0.2, 0.25) is 0 Å². The van der Waals surface area contributed by atoms with E-state index in [-0.39, 0.29) is 5.91 Å². The lowest BCUT2D eigenvalue weighted by atomic mass is 9.81. The van der Waals surface area contributed by atoms with Crippen LogP contribution in [0, 0.1) is 0 Å². The quantitative estimate of drug-likeness (QED) is 0.760. The van der Waals surface area contributed by atoms with E-state index in [4.69, 9.17) is 0 Å². The monoisotopic (exact) mass is 317 g/mol. The zero-order valence-electron chi connectivity index (χ0n) is 12.8. The highest BCUT2D eigenvalue weighted by molar-refractivity contribution is 6.00. The molecule has 0 unspecified atom stereocenters. The van der Waals surface area contributed by atoms with Gasteiger partial charge in [0.25, 0.3) is 5.91 Å². The lowest BCUT2D eigenvalue weighted by molar-refractivity contribution is -0.139. The molecule has 0 spiro atoms. The standard InChI is InChI=1S/C20H15NO3/c22-19-16-8-4-3-7-15(16)17(20(23)24)18(21-19)14-10-9-12-5-1-2-6-13(12)11-14/h1-11,17-18H,(H,21,22)(H,23,24)/t17-,18-/m0/s1. The first-order valence-corrected chi connectivity index (χ1v) is 7.76. The summed E-state index contributed by atoms with van der Waals surface area (Å²) >= 11 is 0. The molecule has 2 N–H and O–H groups in total. The first-order chi connectivity index (χ1) is 11.6. The second-order valence-electron chi connectivity index (χ2n) is 5.96. The fourth-order valence-corrected chi connectivity index (χ4v) is 3.41. The van der Waals surface area contributed by atoms with Gasteiger partial charge in [-0.1, -0.05) is 54.6 Å². The number of hydrogen-bond donors (Lipinski definition) is 2. The maximum atomic E-state index is 12.4. The Morgan fingerprint density at radius 2 is 1.62 bits per heavy atom. The summed E-state index contributed by atoms with van der Waals surface area (Å²) < 4.78 is 0. The molecule has 0 saturated carbocycles. The van der Waals surface area contributed by atoms with Gasteiger partial charge in [-0.25, -0.2) is 0 Å². The number of carboxylic acids is 1. The normalized spacial score (nSPS) is 19.6. The maximum absolute atomic E-state index is 12.4. The Hall–Kier alpha value is -3.14. The smallest absolute Gasteiger partial charge is 0.313 e. The van der Waals surface area contributed by atoms with Crippen LogP contribution in [0.15, 0.2) is 66.7 Å². The van der Waals surface area contributed by atoms with Crippen molar-refractivity contribution in [3.63, 3.8) is 0 Å². The molecule has 3 aromatic rings. The van der Waals surface area contributed by atoms with Crippen molar-refractivity contribution in [3.05, 3.63) is 83.4 Å². The molecule has 1 aliphatic heterocycles. The van der Waals surface area contributed by atoms with Gasteiger partial charge in [0.1, 0.15) is 5.92 Å². The molecule has 0 radical (unpaired) electrons. The summed E-state index contributed by atoms with van der Waals surface area (Å²) in [5, 5.41) is 14.7. The number of hydrogen-bond acceptors (Lipinski definition) is 2. The highest BCUT2D eigenvalue weighted by Gasteiger charge is 2.38. The fraction of sp³-hybridized carbons (Fsp3) is 0.100. The summed E-state index contributed by atoms with van der Waals surface area (Å²) in [4.78, 5) is 24.3. The highest BCUT2D eigenvalue weighted by atomic mass is 16.4. The predicted molar refractivity (Wildman–Crippen MR) is 91.0 cm³/mol. The molecule has 0 saturated heterocycles. The molecule has 4 rings (SSSR count). The third kappa shape index (κ3) is 2.24. The van der Waals surface area contributed by atoms with Crippen molar-refractivity contribution in [3.8, 4) is 0 Å². The number of rotatable bonds is 2. The van der Waals surface area contributed by atoms with Crippen molar-refractivity contribution in [2.75, 3.05) is 0 Å². The molecule has 1 amide bonds. The van der Waals surface area contributed by atoms with Crippen LogP contribution in [0.5, 0.6) is 0 Å². The van der Waals surface area contributed by atoms with Crippen molar-refractivity contribution in [1.82, 2.24) is 5.32 Å². The number of benzene rings is 3. The van der Waals surface area contributed by atoms with Gasteiger partial charge in [0.05, 0.1) is 6.04 Å². The van der Waals surface area contributed by atoms with Crippen LogP contribution < -0.4 is 5.32 Å². The zero-order chi connectivity index (χ0) is 16.7. The van der Waals surface area contributed by atoms with Crippen molar-refractivity contribution >= 4 is 22.6 Å². The predicted octanol–water partition coefficient (Wildman–Crippen LogP) is 3.49. The lowest BCUT2D eigenvalue weighted by Crippen LogP contribution is -2.41. The van der Waals surface area contributed by atoms with E-state index in [0.29, 0.717) is 11.1 Å². The molecule has 1 heterocycles. The van der Waals surface area contributed by atoms with Crippen LogP contribution in [0.25, 0.3) is 10.8 Å². The summed E-state index contributed by atoms with van der Waals surface area (Å²) in [5.41, 5.74) is 1.79. The van der Waals surface area contributed by atoms with Gasteiger partial charge in [-0.15, -0.1) is 0 Å². The number of nitrogens with one attached hydrogen (secondary N) is 1. The fourth-order valence-electron chi connectivity index (χ4n) is 3.41. The second-order valence-corrected chi connectivity index (χ2v) is 5.96. The highest BCUT2D eigenvalue weighted by Crippen LogP contribution is 2.37. The van der Waals surface area contributed by atoms with Crippen LogP contribution in [0.1, 0.15) is 33.4 Å². The Bertz CT molecular complexity index is 964. The zero-order valence-corrected chi connectivity index (χ0v) is 12.8. The average molecular weight is 317 g/mol. The summed E-state index contributed by atoms with van der Waals surface area (Å²) in [6.45, 7) is 0. The van der Waals surface area contributed by atoms with Crippen molar-refractivity contribution in [2.45, 2.75) is 12.0 Å². The van der Waals surface area contributed by atoms with Crippen molar-refractivity contribution < 1.29 is 14.7 Å². The first kappa shape index (κ1) is 14.5. The minimum absolute atomic E-state index is 0.235. The maximum Gasteiger partial charge on any atom is 0.313 e. The van der Waals surface area contributed by atoms with Gasteiger partial charge in [-0.2, -0.15) is 0 Å². The Morgan fingerprint density at radius 3 is 2.42 bits per heavy atom. The minimum Gasteiger partial charge on any atom is -0.481 e. The molecule has 1 aliphatic rings. The van der Waals surface area contributed by atoms with Gasteiger partial charge in [0.15, 0.2) is 0 Å². The van der Waals surface area contributed by atoms with Crippen LogP contribution in [-0.4, -0.2) is 17.0 Å². The van der Waals surface area contributed by atoms with Gasteiger partial charge in [-0.3, -0.25) is 9.59 Å². The van der Waals surface area contributed by atoms with E-state index >= 15 is 0 Å². The van der Waals surface area contributed by atoms with Crippen molar-refractivity contribution in [2.24, 2.45) is 0 Å². The molecule has 0 fully saturated rings. The van der Waals surface area contributed by atoms with E-state index in [0.717, 1.165) is 16.3 Å². The number of carbonyl (C=O) groups excluding carboxylic acids is 1.